The molecule has 0 atom stereocenters. The van der Waals surface area contributed by atoms with Crippen molar-refractivity contribution in [2.24, 2.45) is 11.1 Å². The van der Waals surface area contributed by atoms with Crippen molar-refractivity contribution in [3.8, 4) is 0 Å². The second-order valence-electron chi connectivity index (χ2n) is 7.08. The van der Waals surface area contributed by atoms with Crippen LogP contribution in [0.1, 0.15) is 45.1 Å². The van der Waals surface area contributed by atoms with Crippen LogP contribution < -0.4 is 5.73 Å². The molecule has 112 valence electrons. The van der Waals surface area contributed by atoms with Gasteiger partial charge in [-0.15, -0.1) is 0 Å². The van der Waals surface area contributed by atoms with Crippen molar-refractivity contribution >= 4 is 11.6 Å². The van der Waals surface area contributed by atoms with Crippen LogP contribution in [0.5, 0.6) is 0 Å². The summed E-state index contributed by atoms with van der Waals surface area (Å²) in [4.78, 5) is 2.45. The lowest BCUT2D eigenvalue weighted by Gasteiger charge is -2.48. The van der Waals surface area contributed by atoms with Gasteiger partial charge >= 0.3 is 0 Å². The molecule has 3 heteroatoms. The number of hydrogen-bond donors (Lipinski definition) is 1. The van der Waals surface area contributed by atoms with E-state index >= 15 is 0 Å². The first-order valence-electron chi connectivity index (χ1n) is 7.53. The lowest BCUT2D eigenvalue weighted by Crippen LogP contribution is -2.54. The van der Waals surface area contributed by atoms with Crippen molar-refractivity contribution in [1.29, 1.82) is 0 Å². The van der Waals surface area contributed by atoms with Gasteiger partial charge < -0.3 is 5.73 Å². The first kappa shape index (κ1) is 15.8. The van der Waals surface area contributed by atoms with E-state index in [0.717, 1.165) is 18.1 Å². The van der Waals surface area contributed by atoms with Crippen LogP contribution in [0.2, 0.25) is 5.02 Å². The van der Waals surface area contributed by atoms with E-state index in [4.69, 9.17) is 17.3 Å². The molecule has 2 rings (SSSR count). The molecule has 1 saturated carbocycles. The van der Waals surface area contributed by atoms with E-state index in [1.54, 1.807) is 0 Å². The molecule has 1 aromatic carbocycles. The third-order valence-electron chi connectivity index (χ3n) is 5.06. The third-order valence-corrected chi connectivity index (χ3v) is 5.31. The number of nitrogens with two attached hydrogens (primary N) is 1. The number of halogens is 1. The van der Waals surface area contributed by atoms with E-state index in [0.29, 0.717) is 5.41 Å². The summed E-state index contributed by atoms with van der Waals surface area (Å²) in [7, 11) is 2.21. The van der Waals surface area contributed by atoms with Gasteiger partial charge in [0.2, 0.25) is 0 Å². The standard InChI is InChI=1S/C17H27ClN2/c1-16(2)8-10-17(13-19,11-9-16)20(3)12-14-4-6-15(18)7-5-14/h4-7H,8-13,19H2,1-3H3. The molecule has 0 bridgehead atoms. The fourth-order valence-electron chi connectivity index (χ4n) is 3.17. The molecule has 1 aliphatic carbocycles. The van der Waals surface area contributed by atoms with Gasteiger partial charge in [-0.2, -0.15) is 0 Å². The fourth-order valence-corrected chi connectivity index (χ4v) is 3.29. The molecule has 1 aromatic rings. The summed E-state index contributed by atoms with van der Waals surface area (Å²) in [5.74, 6) is 0. The average molecular weight is 295 g/mol. The summed E-state index contributed by atoms with van der Waals surface area (Å²) in [6.45, 7) is 6.42. The molecule has 0 amide bonds. The zero-order valence-corrected chi connectivity index (χ0v) is 13.7. The maximum Gasteiger partial charge on any atom is 0.0406 e. The van der Waals surface area contributed by atoms with E-state index in [-0.39, 0.29) is 5.54 Å². The Bertz CT molecular complexity index is 429. The van der Waals surface area contributed by atoms with Crippen LogP contribution in [0.15, 0.2) is 24.3 Å². The predicted molar refractivity (Wildman–Crippen MR) is 87.0 cm³/mol. The van der Waals surface area contributed by atoms with E-state index in [2.05, 4.69) is 37.9 Å². The maximum atomic E-state index is 6.14. The zero-order valence-electron chi connectivity index (χ0n) is 13.0. The SMILES string of the molecule is CN(Cc1ccc(Cl)cc1)C1(CN)CCC(C)(C)CC1. The van der Waals surface area contributed by atoms with Gasteiger partial charge in [0.05, 0.1) is 0 Å². The molecule has 0 unspecified atom stereocenters. The number of nitrogens with zero attached hydrogens (tertiary/aromatic N) is 1. The van der Waals surface area contributed by atoms with Crippen LogP contribution in [0.25, 0.3) is 0 Å². The van der Waals surface area contributed by atoms with E-state index in [1.165, 1.54) is 31.2 Å². The van der Waals surface area contributed by atoms with Crippen LogP contribution in [-0.2, 0) is 6.54 Å². The Morgan fingerprint density at radius 2 is 1.65 bits per heavy atom. The summed E-state index contributed by atoms with van der Waals surface area (Å²) in [6.07, 6.45) is 4.91. The van der Waals surface area contributed by atoms with Crippen LogP contribution >= 0.6 is 11.6 Å². The Balaban J connectivity index is 2.06. The summed E-state index contributed by atoms with van der Waals surface area (Å²) < 4.78 is 0. The van der Waals surface area contributed by atoms with Crippen molar-refractivity contribution in [2.75, 3.05) is 13.6 Å². The second kappa shape index (κ2) is 6.05. The van der Waals surface area contributed by atoms with Gasteiger partial charge in [-0.1, -0.05) is 37.6 Å². The van der Waals surface area contributed by atoms with E-state index in [9.17, 15) is 0 Å². The Morgan fingerprint density at radius 1 is 1.10 bits per heavy atom. The largest absolute Gasteiger partial charge is 0.329 e. The molecule has 0 aliphatic heterocycles. The molecule has 2 nitrogen and oxygen atoms in total. The molecule has 0 spiro atoms. The average Bonchev–Trinajstić information content (AvgIpc) is 2.42. The molecule has 20 heavy (non-hydrogen) atoms. The number of likely N-dealkylation sites (N-methyl/N-ethyl adjacent to an activating group) is 1. The minimum atomic E-state index is 0.162. The third kappa shape index (κ3) is 3.55. The molecule has 0 aromatic heterocycles. The van der Waals surface area contributed by atoms with Crippen molar-refractivity contribution in [1.82, 2.24) is 4.90 Å². The Morgan fingerprint density at radius 3 is 2.15 bits per heavy atom. The molecular weight excluding hydrogens is 268 g/mol. The highest BCUT2D eigenvalue weighted by Gasteiger charge is 2.40. The van der Waals surface area contributed by atoms with Crippen molar-refractivity contribution in [3.05, 3.63) is 34.9 Å². The summed E-state index contributed by atoms with van der Waals surface area (Å²) in [5.41, 5.74) is 8.08. The number of rotatable bonds is 4. The Hall–Kier alpha value is -0.570. The quantitative estimate of drug-likeness (QED) is 0.907. The second-order valence-corrected chi connectivity index (χ2v) is 7.51. The van der Waals surface area contributed by atoms with Gasteiger partial charge in [0.15, 0.2) is 0 Å². The highest BCUT2D eigenvalue weighted by Crippen LogP contribution is 2.42. The summed E-state index contributed by atoms with van der Waals surface area (Å²) in [6, 6.07) is 8.14. The maximum absolute atomic E-state index is 6.14. The first-order chi connectivity index (χ1) is 9.37. The van der Waals surface area contributed by atoms with Crippen molar-refractivity contribution < 1.29 is 0 Å². The zero-order chi connectivity index (χ0) is 14.8. The molecular formula is C17H27ClN2. The smallest absolute Gasteiger partial charge is 0.0406 e. The lowest BCUT2D eigenvalue weighted by molar-refractivity contribution is 0.0364. The van der Waals surface area contributed by atoms with Gasteiger partial charge in [0.1, 0.15) is 0 Å². The fraction of sp³-hybridized carbons (Fsp3) is 0.647. The summed E-state index contributed by atoms with van der Waals surface area (Å²) >= 11 is 5.95. The van der Waals surface area contributed by atoms with Crippen LogP contribution in [0.4, 0.5) is 0 Å². The predicted octanol–water partition coefficient (Wildman–Crippen LogP) is 4.07. The number of hydrogen-bond acceptors (Lipinski definition) is 2. The van der Waals surface area contributed by atoms with E-state index < -0.39 is 0 Å². The normalized spacial score (nSPS) is 21.1. The Labute approximate surface area is 128 Å². The first-order valence-corrected chi connectivity index (χ1v) is 7.90. The topological polar surface area (TPSA) is 29.3 Å². The highest BCUT2D eigenvalue weighted by atomic mass is 35.5. The van der Waals surface area contributed by atoms with Gasteiger partial charge in [-0.25, -0.2) is 0 Å². The van der Waals surface area contributed by atoms with Gasteiger partial charge in [-0.05, 0) is 55.8 Å². The lowest BCUT2D eigenvalue weighted by atomic mass is 9.68. The molecule has 0 heterocycles. The Kier molecular flexibility index (Phi) is 4.78. The van der Waals surface area contributed by atoms with E-state index in [1.807, 2.05) is 12.1 Å². The number of benzene rings is 1. The summed E-state index contributed by atoms with van der Waals surface area (Å²) in [5, 5.41) is 0.796. The van der Waals surface area contributed by atoms with Gasteiger partial charge in [-0.3, -0.25) is 4.90 Å². The van der Waals surface area contributed by atoms with Crippen LogP contribution in [-0.4, -0.2) is 24.0 Å². The molecule has 1 fully saturated rings. The molecule has 0 saturated heterocycles. The molecule has 2 N–H and O–H groups in total. The molecule has 0 radical (unpaired) electrons. The molecule has 1 aliphatic rings. The van der Waals surface area contributed by atoms with Gasteiger partial charge in [0, 0.05) is 23.7 Å². The van der Waals surface area contributed by atoms with Crippen LogP contribution in [0.3, 0.4) is 0 Å². The highest BCUT2D eigenvalue weighted by molar-refractivity contribution is 6.30. The van der Waals surface area contributed by atoms with Crippen molar-refractivity contribution in [2.45, 2.75) is 51.6 Å². The minimum Gasteiger partial charge on any atom is -0.329 e. The monoisotopic (exact) mass is 294 g/mol. The van der Waals surface area contributed by atoms with Gasteiger partial charge in [0.25, 0.3) is 0 Å². The van der Waals surface area contributed by atoms with Crippen LogP contribution in [0, 0.1) is 5.41 Å². The van der Waals surface area contributed by atoms with Crippen molar-refractivity contribution in [3.63, 3.8) is 0 Å². The minimum absolute atomic E-state index is 0.162.